The van der Waals surface area contributed by atoms with Crippen molar-refractivity contribution in [2.45, 2.75) is 38.0 Å². The van der Waals surface area contributed by atoms with Gasteiger partial charge in [-0.3, -0.25) is 0 Å². The van der Waals surface area contributed by atoms with Crippen molar-refractivity contribution in [3.63, 3.8) is 0 Å². The Morgan fingerprint density at radius 2 is 2.05 bits per heavy atom. The lowest BCUT2D eigenvalue weighted by molar-refractivity contribution is -0.166. The lowest BCUT2D eigenvalue weighted by Crippen LogP contribution is -2.40. The number of ether oxygens (including phenoxy) is 1. The van der Waals surface area contributed by atoms with Crippen LogP contribution in [-0.4, -0.2) is 25.7 Å². The molecule has 4 nitrogen and oxygen atoms in total. The monoisotopic (exact) mass is 312 g/mol. The quantitative estimate of drug-likeness (QED) is 0.455. The molecule has 0 amide bonds. The van der Waals surface area contributed by atoms with Gasteiger partial charge in [-0.25, -0.2) is 4.79 Å². The topological polar surface area (TPSA) is 60.4 Å². The summed E-state index contributed by atoms with van der Waals surface area (Å²) >= 11 is 0. The number of carbonyl (C=O) groups excluding carboxylic acids is 1. The SMILES string of the molecule is C=C(C)C1CC=C(C)C(OC(=O)C(F)(F)S(=O)(=O)F)C1. The molecule has 1 aliphatic rings. The fourth-order valence-corrected chi connectivity index (χ4v) is 2.09. The van der Waals surface area contributed by atoms with Gasteiger partial charge in [-0.05, 0) is 38.2 Å². The molecule has 0 heterocycles. The normalized spacial score (nSPS) is 23.9. The minimum Gasteiger partial charge on any atom is -0.452 e. The highest BCUT2D eigenvalue weighted by Crippen LogP contribution is 2.33. The molecule has 1 rings (SSSR count). The number of rotatable bonds is 4. The third-order valence-corrected chi connectivity index (χ3v) is 4.00. The average Bonchev–Trinajstić information content (AvgIpc) is 2.29. The first-order valence-electron chi connectivity index (χ1n) is 5.82. The summed E-state index contributed by atoms with van der Waals surface area (Å²) in [6.45, 7) is 7.04. The number of alkyl halides is 2. The van der Waals surface area contributed by atoms with Gasteiger partial charge in [-0.1, -0.05) is 22.1 Å². The van der Waals surface area contributed by atoms with Crippen molar-refractivity contribution in [1.82, 2.24) is 0 Å². The molecule has 0 fully saturated rings. The fraction of sp³-hybridized carbons (Fsp3) is 0.583. The molecule has 0 spiro atoms. The van der Waals surface area contributed by atoms with Crippen LogP contribution in [-0.2, 0) is 19.8 Å². The van der Waals surface area contributed by atoms with Crippen molar-refractivity contribution in [2.24, 2.45) is 5.92 Å². The molecule has 114 valence electrons. The predicted molar refractivity (Wildman–Crippen MR) is 66.1 cm³/mol. The minimum absolute atomic E-state index is 0.0629. The Bertz CT molecular complexity index is 551. The maximum absolute atomic E-state index is 13.0. The van der Waals surface area contributed by atoms with E-state index in [0.29, 0.717) is 12.0 Å². The van der Waals surface area contributed by atoms with Crippen LogP contribution in [0.25, 0.3) is 0 Å². The summed E-state index contributed by atoms with van der Waals surface area (Å²) in [5.74, 6) is -2.47. The van der Waals surface area contributed by atoms with Gasteiger partial charge in [0.1, 0.15) is 6.10 Å². The van der Waals surface area contributed by atoms with Crippen molar-refractivity contribution in [1.29, 1.82) is 0 Å². The molecule has 0 aromatic rings. The minimum atomic E-state index is -6.34. The Hall–Kier alpha value is -1.31. The molecule has 0 bridgehead atoms. The van der Waals surface area contributed by atoms with Gasteiger partial charge in [0.15, 0.2) is 0 Å². The first-order valence-corrected chi connectivity index (χ1v) is 7.20. The van der Waals surface area contributed by atoms with Gasteiger partial charge in [0, 0.05) is 0 Å². The van der Waals surface area contributed by atoms with Crippen LogP contribution in [0.4, 0.5) is 12.7 Å². The molecule has 20 heavy (non-hydrogen) atoms. The van der Waals surface area contributed by atoms with E-state index in [0.717, 1.165) is 5.57 Å². The first kappa shape index (κ1) is 16.7. The summed E-state index contributed by atoms with van der Waals surface area (Å²) < 4.78 is 63.3. The van der Waals surface area contributed by atoms with Crippen LogP contribution in [0.3, 0.4) is 0 Å². The van der Waals surface area contributed by atoms with E-state index in [-0.39, 0.29) is 12.3 Å². The Kier molecular flexibility index (Phi) is 4.68. The third-order valence-electron chi connectivity index (χ3n) is 3.22. The summed E-state index contributed by atoms with van der Waals surface area (Å²) in [5.41, 5.74) is 1.31. The van der Waals surface area contributed by atoms with Gasteiger partial charge in [-0.2, -0.15) is 17.2 Å². The predicted octanol–water partition coefficient (Wildman–Crippen LogP) is 2.72. The van der Waals surface area contributed by atoms with E-state index < -0.39 is 27.6 Å². The van der Waals surface area contributed by atoms with Crippen molar-refractivity contribution < 1.29 is 30.6 Å². The molecule has 0 saturated heterocycles. The van der Waals surface area contributed by atoms with E-state index in [1.165, 1.54) is 0 Å². The summed E-state index contributed by atoms with van der Waals surface area (Å²) in [6.07, 6.45) is 1.53. The fourth-order valence-electron chi connectivity index (χ4n) is 1.84. The van der Waals surface area contributed by atoms with Crippen molar-refractivity contribution in [2.75, 3.05) is 0 Å². The summed E-state index contributed by atoms with van der Waals surface area (Å²) in [5, 5.41) is -5.19. The average molecular weight is 312 g/mol. The second-order valence-corrected chi connectivity index (χ2v) is 6.20. The number of hydrogen-bond donors (Lipinski definition) is 0. The van der Waals surface area contributed by atoms with Crippen LogP contribution in [0.2, 0.25) is 0 Å². The van der Waals surface area contributed by atoms with Crippen LogP contribution in [0.1, 0.15) is 26.7 Å². The Morgan fingerprint density at radius 3 is 2.50 bits per heavy atom. The number of carbonyl (C=O) groups is 1. The molecular weight excluding hydrogens is 297 g/mol. The van der Waals surface area contributed by atoms with Crippen molar-refractivity contribution in [3.05, 3.63) is 23.8 Å². The third kappa shape index (κ3) is 3.41. The standard InChI is InChI=1S/C12H15F3O4S/c1-7(2)9-5-4-8(3)10(6-9)19-11(16)12(13,14)20(15,17)18/h4,9-10H,1,5-6H2,2-3H3. The molecule has 0 N–H and O–H groups in total. The molecule has 0 aromatic carbocycles. The Morgan fingerprint density at radius 1 is 1.50 bits per heavy atom. The summed E-state index contributed by atoms with van der Waals surface area (Å²) in [7, 11) is -6.34. The number of halogens is 3. The molecule has 2 unspecified atom stereocenters. The molecular formula is C12H15F3O4S. The lowest BCUT2D eigenvalue weighted by atomic mass is 9.84. The van der Waals surface area contributed by atoms with Gasteiger partial charge in [-0.15, -0.1) is 0 Å². The maximum Gasteiger partial charge on any atom is 0.470 e. The van der Waals surface area contributed by atoms with E-state index in [1.54, 1.807) is 19.9 Å². The summed E-state index contributed by atoms with van der Waals surface area (Å²) in [6, 6.07) is 0. The van der Waals surface area contributed by atoms with Crippen molar-refractivity contribution >= 4 is 16.2 Å². The first-order chi connectivity index (χ1) is 8.96. The molecule has 1 aliphatic carbocycles. The zero-order chi connectivity index (χ0) is 15.7. The van der Waals surface area contributed by atoms with E-state index in [2.05, 4.69) is 11.3 Å². The highest BCUT2D eigenvalue weighted by atomic mass is 32.3. The van der Waals surface area contributed by atoms with Gasteiger partial charge in [0.2, 0.25) is 0 Å². The van der Waals surface area contributed by atoms with Crippen LogP contribution < -0.4 is 0 Å². The maximum atomic E-state index is 13.0. The number of hydrogen-bond acceptors (Lipinski definition) is 4. The Labute approximate surface area is 115 Å². The van der Waals surface area contributed by atoms with Crippen LogP contribution in [0, 0.1) is 5.92 Å². The van der Waals surface area contributed by atoms with E-state index >= 15 is 0 Å². The van der Waals surface area contributed by atoms with E-state index in [1.807, 2.05) is 0 Å². The second-order valence-electron chi connectivity index (χ2n) is 4.81. The zero-order valence-electron chi connectivity index (χ0n) is 11.0. The molecule has 8 heteroatoms. The van der Waals surface area contributed by atoms with Gasteiger partial charge < -0.3 is 4.74 Å². The second kappa shape index (κ2) is 5.59. The number of allylic oxidation sites excluding steroid dienone is 2. The lowest BCUT2D eigenvalue weighted by Gasteiger charge is -2.29. The van der Waals surface area contributed by atoms with Gasteiger partial charge in [0.25, 0.3) is 0 Å². The number of esters is 1. The highest BCUT2D eigenvalue weighted by molar-refractivity contribution is 7.88. The van der Waals surface area contributed by atoms with Crippen LogP contribution in [0.5, 0.6) is 0 Å². The molecule has 2 atom stereocenters. The molecule has 0 aliphatic heterocycles. The summed E-state index contributed by atoms with van der Waals surface area (Å²) in [4.78, 5) is 11.2. The van der Waals surface area contributed by atoms with Crippen molar-refractivity contribution in [3.8, 4) is 0 Å². The van der Waals surface area contributed by atoms with Crippen LogP contribution in [0.15, 0.2) is 23.8 Å². The van der Waals surface area contributed by atoms with Crippen LogP contribution >= 0.6 is 0 Å². The molecule has 0 radical (unpaired) electrons. The largest absolute Gasteiger partial charge is 0.470 e. The van der Waals surface area contributed by atoms with Gasteiger partial charge in [0.05, 0.1) is 0 Å². The van der Waals surface area contributed by atoms with Gasteiger partial charge >= 0.3 is 21.4 Å². The molecule has 0 aromatic heterocycles. The molecule has 0 saturated carbocycles. The highest BCUT2D eigenvalue weighted by Gasteiger charge is 2.56. The smallest absolute Gasteiger partial charge is 0.452 e. The zero-order valence-corrected chi connectivity index (χ0v) is 11.8. The van der Waals surface area contributed by atoms with E-state index in [9.17, 15) is 25.9 Å². The Balaban J connectivity index is 2.88. The van der Waals surface area contributed by atoms with E-state index in [4.69, 9.17) is 0 Å².